The maximum absolute atomic E-state index is 6.87. The molecule has 44 valence electrons. The molecule has 0 heterocycles. The SMILES string of the molecule is [3H]C(Cl)(Br)C(Cl)(Cl)Cl. The smallest absolute Gasteiger partial charge is 0.106 e. The van der Waals surface area contributed by atoms with Crippen LogP contribution in [0.15, 0.2) is 0 Å². The first-order valence-electron chi connectivity index (χ1n) is 1.69. The second kappa shape index (κ2) is 2.98. The zero-order valence-electron chi connectivity index (χ0n) is 3.89. The normalized spacial score (nSPS) is 23.3. The van der Waals surface area contributed by atoms with Gasteiger partial charge in [0.1, 0.15) is 4.26 Å². The van der Waals surface area contributed by atoms with Gasteiger partial charge in [-0.2, -0.15) is 0 Å². The lowest BCUT2D eigenvalue weighted by molar-refractivity contribution is 1.22. The van der Waals surface area contributed by atoms with E-state index in [-0.39, 0.29) is 0 Å². The molecule has 0 spiro atoms. The Hall–Kier alpha value is 1.64. The molecule has 0 radical (unpaired) electrons. The first-order chi connectivity index (χ1) is 3.25. The molecule has 0 aliphatic carbocycles. The van der Waals surface area contributed by atoms with Crippen LogP contribution in [0.25, 0.3) is 0 Å². The van der Waals surface area contributed by atoms with Crippen LogP contribution >= 0.6 is 62.3 Å². The molecular formula is C2HBrCl4. The Morgan fingerprint density at radius 3 is 1.71 bits per heavy atom. The molecule has 0 aromatic heterocycles. The quantitative estimate of drug-likeness (QED) is 0.577. The minimum Gasteiger partial charge on any atom is -0.106 e. The minimum atomic E-state index is -1.80. The summed E-state index contributed by atoms with van der Waals surface area (Å²) >= 11 is 23.4. The van der Waals surface area contributed by atoms with Gasteiger partial charge in [0.05, 0.1) is 1.37 Å². The molecule has 0 saturated heterocycles. The standard InChI is InChI=1S/C2HBrCl4/c3-1(4)2(5,6)7/h1H/i1T. The van der Waals surface area contributed by atoms with Crippen molar-refractivity contribution in [2.45, 2.75) is 8.05 Å². The minimum absolute atomic E-state index is 1.73. The topological polar surface area (TPSA) is 0 Å². The first kappa shape index (κ1) is 6.76. The summed E-state index contributed by atoms with van der Waals surface area (Å²) in [5.74, 6) is 0. The Morgan fingerprint density at radius 1 is 1.57 bits per heavy atom. The van der Waals surface area contributed by atoms with Crippen LogP contribution in [0.2, 0.25) is 0 Å². The average molecular weight is 249 g/mol. The van der Waals surface area contributed by atoms with Crippen molar-refractivity contribution in [1.82, 2.24) is 0 Å². The molecule has 0 saturated carbocycles. The largest absolute Gasteiger partial charge is 0.216 e. The highest BCUT2D eigenvalue weighted by molar-refractivity contribution is 9.10. The van der Waals surface area contributed by atoms with Gasteiger partial charge in [-0.3, -0.25) is 0 Å². The zero-order valence-corrected chi connectivity index (χ0v) is 7.50. The fourth-order valence-electron chi connectivity index (χ4n) is 0. The van der Waals surface area contributed by atoms with Gasteiger partial charge in [0.15, 0.2) is 0 Å². The molecule has 0 bridgehead atoms. The van der Waals surface area contributed by atoms with Gasteiger partial charge in [-0.15, -0.1) is 11.6 Å². The van der Waals surface area contributed by atoms with Crippen molar-refractivity contribution in [3.8, 4) is 0 Å². The molecule has 7 heavy (non-hydrogen) atoms. The molecular weight excluding hydrogens is 246 g/mol. The van der Waals surface area contributed by atoms with Crippen LogP contribution in [0.3, 0.4) is 0 Å². The van der Waals surface area contributed by atoms with Crippen molar-refractivity contribution in [3.05, 3.63) is 0 Å². The lowest BCUT2D eigenvalue weighted by Gasteiger charge is -2.09. The lowest BCUT2D eigenvalue weighted by Crippen LogP contribution is -2.11. The van der Waals surface area contributed by atoms with E-state index in [1.807, 2.05) is 0 Å². The van der Waals surface area contributed by atoms with Crippen molar-refractivity contribution < 1.29 is 1.37 Å². The molecule has 1 atom stereocenters. The second-order valence-electron chi connectivity index (χ2n) is 0.758. The Bertz CT molecular complexity index is 69.0. The number of hydrogen-bond donors (Lipinski definition) is 0. The van der Waals surface area contributed by atoms with Crippen LogP contribution in [-0.2, 0) is 0 Å². The molecule has 0 aromatic carbocycles. The molecule has 0 fully saturated rings. The molecule has 5 heteroatoms. The van der Waals surface area contributed by atoms with Gasteiger partial charge < -0.3 is 0 Å². The summed E-state index contributed by atoms with van der Waals surface area (Å²) in [6.45, 7) is 0. The predicted molar refractivity (Wildman–Crippen MR) is 38.9 cm³/mol. The van der Waals surface area contributed by atoms with Crippen LogP contribution in [0, 0.1) is 0 Å². The van der Waals surface area contributed by atoms with Gasteiger partial charge in [0.2, 0.25) is 3.79 Å². The molecule has 0 nitrogen and oxygen atoms in total. The molecule has 0 aliphatic heterocycles. The molecule has 0 amide bonds. The van der Waals surface area contributed by atoms with E-state index in [2.05, 4.69) is 15.9 Å². The fraction of sp³-hybridized carbons (Fsp3) is 1.00. The van der Waals surface area contributed by atoms with Crippen LogP contribution in [0.1, 0.15) is 1.37 Å². The van der Waals surface area contributed by atoms with E-state index < -0.39 is 8.05 Å². The first-order valence-corrected chi connectivity index (χ1v) is 3.50. The van der Waals surface area contributed by atoms with Crippen molar-refractivity contribution in [3.63, 3.8) is 0 Å². The number of halogens is 5. The van der Waals surface area contributed by atoms with Crippen molar-refractivity contribution in [2.24, 2.45) is 0 Å². The third-order valence-electron chi connectivity index (χ3n) is 0.214. The average Bonchev–Trinajstić information content (AvgIpc) is 1.25. The highest BCUT2D eigenvalue weighted by Gasteiger charge is 2.27. The molecule has 0 rings (SSSR count). The van der Waals surface area contributed by atoms with Gasteiger partial charge in [-0.25, -0.2) is 0 Å². The van der Waals surface area contributed by atoms with Gasteiger partial charge >= 0.3 is 0 Å². The van der Waals surface area contributed by atoms with Crippen LogP contribution in [-0.4, -0.2) is 8.05 Å². The Morgan fingerprint density at radius 2 is 1.71 bits per heavy atom. The summed E-state index contributed by atoms with van der Waals surface area (Å²) < 4.78 is 3.34. The van der Waals surface area contributed by atoms with Gasteiger partial charge in [-0.1, -0.05) is 50.7 Å². The van der Waals surface area contributed by atoms with Gasteiger partial charge in [0.25, 0.3) is 0 Å². The summed E-state index contributed by atoms with van der Waals surface area (Å²) in [5.41, 5.74) is 0. The summed E-state index contributed by atoms with van der Waals surface area (Å²) in [7, 11) is 0. The van der Waals surface area contributed by atoms with Crippen LogP contribution < -0.4 is 0 Å². The van der Waals surface area contributed by atoms with Crippen molar-refractivity contribution in [1.29, 1.82) is 0 Å². The number of alkyl halides is 5. The lowest BCUT2D eigenvalue weighted by atomic mass is 10.9. The monoisotopic (exact) mass is 246 g/mol. The molecule has 0 N–H and O–H groups in total. The van der Waals surface area contributed by atoms with E-state index in [9.17, 15) is 0 Å². The van der Waals surface area contributed by atoms with Crippen molar-refractivity contribution >= 4 is 62.3 Å². The zero-order chi connectivity index (χ0) is 7.00. The van der Waals surface area contributed by atoms with Gasteiger partial charge in [0, 0.05) is 0 Å². The summed E-state index contributed by atoms with van der Waals surface area (Å²) in [4.78, 5) is 0. The summed E-state index contributed by atoms with van der Waals surface area (Å²) in [5, 5.41) is 0. The predicted octanol–water partition coefficient (Wildman–Crippen LogP) is 3.32. The summed E-state index contributed by atoms with van der Waals surface area (Å²) in [6, 6.07) is 0. The van der Waals surface area contributed by atoms with E-state index in [0.717, 1.165) is 0 Å². The number of hydrogen-bond acceptors (Lipinski definition) is 0. The molecule has 0 aromatic rings. The number of rotatable bonds is 0. The van der Waals surface area contributed by atoms with E-state index in [1.54, 1.807) is 0 Å². The second-order valence-corrected chi connectivity index (χ2v) is 4.67. The third-order valence-corrected chi connectivity index (χ3v) is 2.63. The van der Waals surface area contributed by atoms with Gasteiger partial charge in [-0.05, 0) is 0 Å². The Labute approximate surface area is 71.6 Å². The van der Waals surface area contributed by atoms with E-state index >= 15 is 0 Å². The Kier molecular flexibility index (Phi) is 2.87. The Balaban J connectivity index is 4.02. The highest BCUT2D eigenvalue weighted by atomic mass is 79.9. The van der Waals surface area contributed by atoms with Crippen LogP contribution in [0.4, 0.5) is 0 Å². The summed E-state index contributed by atoms with van der Waals surface area (Å²) in [6.07, 6.45) is 0. The van der Waals surface area contributed by atoms with Crippen molar-refractivity contribution in [2.75, 3.05) is 0 Å². The molecule has 1 unspecified atom stereocenters. The third kappa shape index (κ3) is 4.16. The highest BCUT2D eigenvalue weighted by Crippen LogP contribution is 2.36. The maximum Gasteiger partial charge on any atom is 0.216 e. The van der Waals surface area contributed by atoms with E-state index in [1.165, 1.54) is 0 Å². The van der Waals surface area contributed by atoms with E-state index in [0.29, 0.717) is 0 Å². The van der Waals surface area contributed by atoms with Crippen LogP contribution in [0.5, 0.6) is 0 Å². The maximum atomic E-state index is 6.87. The fourth-order valence-corrected chi connectivity index (χ4v) is 0. The van der Waals surface area contributed by atoms with E-state index in [4.69, 9.17) is 47.8 Å². The molecule has 0 aliphatic rings.